The molecule has 1 unspecified atom stereocenters. The molecule has 15 heavy (non-hydrogen) atoms. The maximum absolute atomic E-state index is 11.8. The van der Waals surface area contributed by atoms with Gasteiger partial charge in [-0.3, -0.25) is 9.59 Å². The van der Waals surface area contributed by atoms with Crippen molar-refractivity contribution in [1.29, 1.82) is 0 Å². The standard InChI is InChI=1S/C11H16N2O2/c1-4-5-13-7-10(14)12-9(11(13)15)6-8(2)3/h1,8-9H,5-7H2,2-3H3,(H,12,14). The largest absolute Gasteiger partial charge is 0.343 e. The topological polar surface area (TPSA) is 49.4 Å². The second kappa shape index (κ2) is 4.83. The fourth-order valence-corrected chi connectivity index (χ4v) is 1.65. The summed E-state index contributed by atoms with van der Waals surface area (Å²) >= 11 is 0. The molecule has 1 heterocycles. The number of terminal acetylenes is 1. The molecule has 0 aromatic carbocycles. The second-order valence-corrected chi connectivity index (χ2v) is 4.15. The van der Waals surface area contributed by atoms with E-state index in [0.29, 0.717) is 12.3 Å². The van der Waals surface area contributed by atoms with Crippen molar-refractivity contribution >= 4 is 11.8 Å². The summed E-state index contributed by atoms with van der Waals surface area (Å²) in [6.07, 6.45) is 5.80. The molecule has 4 heteroatoms. The van der Waals surface area contributed by atoms with E-state index in [1.54, 1.807) is 0 Å². The zero-order valence-electron chi connectivity index (χ0n) is 9.12. The first-order valence-corrected chi connectivity index (χ1v) is 5.06. The number of carbonyl (C=O) groups excluding carboxylic acids is 2. The Hall–Kier alpha value is -1.50. The minimum atomic E-state index is -0.403. The minimum Gasteiger partial charge on any atom is -0.343 e. The third kappa shape index (κ3) is 2.98. The SMILES string of the molecule is C#CCN1CC(=O)NC(CC(C)C)C1=O. The first-order chi connectivity index (χ1) is 7.04. The normalized spacial score (nSPS) is 21.5. The van der Waals surface area contributed by atoms with Gasteiger partial charge in [-0.15, -0.1) is 6.42 Å². The van der Waals surface area contributed by atoms with Crippen LogP contribution in [-0.2, 0) is 9.59 Å². The number of nitrogens with one attached hydrogen (secondary N) is 1. The quantitative estimate of drug-likeness (QED) is 0.663. The van der Waals surface area contributed by atoms with Gasteiger partial charge in [0.05, 0.1) is 6.54 Å². The van der Waals surface area contributed by atoms with Crippen molar-refractivity contribution < 1.29 is 9.59 Å². The van der Waals surface area contributed by atoms with Gasteiger partial charge < -0.3 is 10.2 Å². The third-order valence-electron chi connectivity index (χ3n) is 2.27. The van der Waals surface area contributed by atoms with Gasteiger partial charge in [0.25, 0.3) is 0 Å². The van der Waals surface area contributed by atoms with Gasteiger partial charge in [-0.1, -0.05) is 19.8 Å². The van der Waals surface area contributed by atoms with Crippen molar-refractivity contribution in [3.05, 3.63) is 0 Å². The number of hydrogen-bond donors (Lipinski definition) is 1. The van der Waals surface area contributed by atoms with Crippen molar-refractivity contribution in [2.75, 3.05) is 13.1 Å². The average Bonchev–Trinajstić information content (AvgIpc) is 2.12. The second-order valence-electron chi connectivity index (χ2n) is 4.15. The molecule has 1 aliphatic rings. The van der Waals surface area contributed by atoms with Crippen LogP contribution in [0.5, 0.6) is 0 Å². The average molecular weight is 208 g/mol. The van der Waals surface area contributed by atoms with Crippen LogP contribution >= 0.6 is 0 Å². The van der Waals surface area contributed by atoms with Crippen LogP contribution in [0.3, 0.4) is 0 Å². The maximum Gasteiger partial charge on any atom is 0.246 e. The van der Waals surface area contributed by atoms with E-state index in [-0.39, 0.29) is 24.9 Å². The van der Waals surface area contributed by atoms with Crippen molar-refractivity contribution in [1.82, 2.24) is 10.2 Å². The molecule has 1 saturated heterocycles. The number of rotatable bonds is 3. The van der Waals surface area contributed by atoms with Gasteiger partial charge >= 0.3 is 0 Å². The summed E-state index contributed by atoms with van der Waals surface area (Å²) in [4.78, 5) is 24.5. The first-order valence-electron chi connectivity index (χ1n) is 5.06. The summed E-state index contributed by atoms with van der Waals surface area (Å²) in [5, 5.41) is 2.69. The molecule has 0 spiro atoms. The van der Waals surface area contributed by atoms with Gasteiger partial charge in [-0.05, 0) is 12.3 Å². The van der Waals surface area contributed by atoms with E-state index in [0.717, 1.165) is 0 Å². The van der Waals surface area contributed by atoms with Crippen molar-refractivity contribution in [2.45, 2.75) is 26.3 Å². The molecule has 1 rings (SSSR count). The highest BCUT2D eigenvalue weighted by atomic mass is 16.2. The van der Waals surface area contributed by atoms with Crippen LogP contribution in [-0.4, -0.2) is 35.8 Å². The van der Waals surface area contributed by atoms with Crippen LogP contribution in [0, 0.1) is 18.3 Å². The zero-order valence-corrected chi connectivity index (χ0v) is 9.12. The Kier molecular flexibility index (Phi) is 3.73. The smallest absolute Gasteiger partial charge is 0.246 e. The van der Waals surface area contributed by atoms with Crippen molar-refractivity contribution in [3.8, 4) is 12.3 Å². The number of nitrogens with zero attached hydrogens (tertiary/aromatic N) is 1. The minimum absolute atomic E-state index is 0.0683. The molecule has 4 nitrogen and oxygen atoms in total. The molecule has 0 radical (unpaired) electrons. The zero-order chi connectivity index (χ0) is 11.4. The fourth-order valence-electron chi connectivity index (χ4n) is 1.65. The van der Waals surface area contributed by atoms with E-state index in [1.165, 1.54) is 4.90 Å². The molecule has 0 bridgehead atoms. The summed E-state index contributed by atoms with van der Waals surface area (Å²) in [5.41, 5.74) is 0. The lowest BCUT2D eigenvalue weighted by atomic mass is 10.0. The Balaban J connectivity index is 2.68. The number of amides is 2. The van der Waals surface area contributed by atoms with E-state index in [9.17, 15) is 9.59 Å². The Bertz CT molecular complexity index is 304. The van der Waals surface area contributed by atoms with E-state index < -0.39 is 6.04 Å². The first kappa shape index (κ1) is 11.6. The highest BCUT2D eigenvalue weighted by Gasteiger charge is 2.32. The van der Waals surface area contributed by atoms with Gasteiger partial charge in [0.2, 0.25) is 11.8 Å². The monoisotopic (exact) mass is 208 g/mol. The highest BCUT2D eigenvalue weighted by Crippen LogP contribution is 2.11. The summed E-state index contributed by atoms with van der Waals surface area (Å²) in [7, 11) is 0. The molecule has 0 saturated carbocycles. The number of hydrogen-bond acceptors (Lipinski definition) is 2. The molecule has 82 valence electrons. The molecule has 0 aliphatic carbocycles. The molecule has 1 atom stereocenters. The molecule has 1 N–H and O–H groups in total. The van der Waals surface area contributed by atoms with Crippen molar-refractivity contribution in [3.63, 3.8) is 0 Å². The Morgan fingerprint density at radius 1 is 1.60 bits per heavy atom. The maximum atomic E-state index is 11.8. The number of carbonyl (C=O) groups is 2. The highest BCUT2D eigenvalue weighted by molar-refractivity contribution is 5.94. The Morgan fingerprint density at radius 2 is 2.27 bits per heavy atom. The molecule has 0 aromatic rings. The third-order valence-corrected chi connectivity index (χ3v) is 2.27. The van der Waals surface area contributed by atoms with Crippen LogP contribution in [0.15, 0.2) is 0 Å². The molecule has 1 fully saturated rings. The van der Waals surface area contributed by atoms with Gasteiger partial charge in [0.15, 0.2) is 0 Å². The van der Waals surface area contributed by atoms with Gasteiger partial charge in [-0.25, -0.2) is 0 Å². The summed E-state index contributed by atoms with van der Waals surface area (Å²) < 4.78 is 0. The lowest BCUT2D eigenvalue weighted by Crippen LogP contribution is -2.58. The van der Waals surface area contributed by atoms with Crippen LogP contribution in [0.4, 0.5) is 0 Å². The molecular formula is C11H16N2O2. The Morgan fingerprint density at radius 3 is 2.80 bits per heavy atom. The lowest BCUT2D eigenvalue weighted by Gasteiger charge is -2.32. The summed E-state index contributed by atoms with van der Waals surface area (Å²) in [6, 6.07) is -0.403. The van der Waals surface area contributed by atoms with Crippen LogP contribution in [0.1, 0.15) is 20.3 Å². The summed E-state index contributed by atoms with van der Waals surface area (Å²) in [6.45, 7) is 4.32. The van der Waals surface area contributed by atoms with E-state index in [1.807, 2.05) is 13.8 Å². The van der Waals surface area contributed by atoms with E-state index in [2.05, 4.69) is 11.2 Å². The predicted octanol–water partition coefficient (Wildman–Crippen LogP) is -0.00730. The molecule has 1 aliphatic heterocycles. The summed E-state index contributed by atoms with van der Waals surface area (Å²) in [5.74, 6) is 2.56. The van der Waals surface area contributed by atoms with E-state index in [4.69, 9.17) is 6.42 Å². The van der Waals surface area contributed by atoms with Crippen LogP contribution in [0.2, 0.25) is 0 Å². The molecule has 2 amide bonds. The number of piperazine rings is 1. The molecule has 0 aromatic heterocycles. The van der Waals surface area contributed by atoms with E-state index >= 15 is 0 Å². The predicted molar refractivity (Wildman–Crippen MR) is 56.8 cm³/mol. The van der Waals surface area contributed by atoms with Gasteiger partial charge in [-0.2, -0.15) is 0 Å². The lowest BCUT2D eigenvalue weighted by molar-refractivity contribution is -0.144. The van der Waals surface area contributed by atoms with Crippen molar-refractivity contribution in [2.24, 2.45) is 5.92 Å². The van der Waals surface area contributed by atoms with Gasteiger partial charge in [0, 0.05) is 0 Å². The Labute approximate surface area is 90.0 Å². The fraction of sp³-hybridized carbons (Fsp3) is 0.636. The van der Waals surface area contributed by atoms with Crippen LogP contribution < -0.4 is 5.32 Å². The van der Waals surface area contributed by atoms with Crippen LogP contribution in [0.25, 0.3) is 0 Å². The van der Waals surface area contributed by atoms with Gasteiger partial charge in [0.1, 0.15) is 12.6 Å². The molecular weight excluding hydrogens is 192 g/mol.